The maximum Gasteiger partial charge on any atom is 0.223 e. The lowest BCUT2D eigenvalue weighted by molar-refractivity contribution is -0.129. The molecule has 90 valence electrons. The van der Waals surface area contributed by atoms with Gasteiger partial charge < -0.3 is 15.5 Å². The van der Waals surface area contributed by atoms with Crippen molar-refractivity contribution >= 4 is 17.5 Å². The molecule has 1 unspecified atom stereocenters. The quantitative estimate of drug-likeness (QED) is 0.731. The Morgan fingerprint density at radius 3 is 2.94 bits per heavy atom. The molecule has 2 saturated heterocycles. The summed E-state index contributed by atoms with van der Waals surface area (Å²) in [5.41, 5.74) is 5.82. The highest BCUT2D eigenvalue weighted by atomic mass is 16.2. The molecule has 3 heterocycles. The summed E-state index contributed by atoms with van der Waals surface area (Å²) in [5, 5.41) is 0. The Morgan fingerprint density at radius 1 is 1.29 bits per heavy atom. The van der Waals surface area contributed by atoms with E-state index in [0.29, 0.717) is 18.3 Å². The van der Waals surface area contributed by atoms with Gasteiger partial charge in [0.25, 0.3) is 0 Å². The van der Waals surface area contributed by atoms with Crippen molar-refractivity contribution in [2.24, 2.45) is 0 Å². The van der Waals surface area contributed by atoms with Gasteiger partial charge in [0.15, 0.2) is 11.6 Å². The molecule has 1 amide bonds. The Morgan fingerprint density at radius 2 is 2.12 bits per heavy atom. The van der Waals surface area contributed by atoms with Gasteiger partial charge in [0.05, 0.1) is 0 Å². The van der Waals surface area contributed by atoms with Crippen LogP contribution in [0, 0.1) is 0 Å². The third-order valence-electron chi connectivity index (χ3n) is 3.50. The number of nitrogens with zero attached hydrogens (tertiary/aromatic N) is 4. The summed E-state index contributed by atoms with van der Waals surface area (Å²) in [6.07, 6.45) is 4.86. The molecule has 2 N–H and O–H groups in total. The third-order valence-corrected chi connectivity index (χ3v) is 3.50. The Kier molecular flexibility index (Phi) is 2.35. The van der Waals surface area contributed by atoms with E-state index in [1.165, 1.54) is 0 Å². The van der Waals surface area contributed by atoms with E-state index in [9.17, 15) is 4.79 Å². The number of rotatable bonds is 1. The molecule has 17 heavy (non-hydrogen) atoms. The molecule has 0 saturated carbocycles. The molecule has 2 aliphatic rings. The summed E-state index contributed by atoms with van der Waals surface area (Å²) < 4.78 is 0. The van der Waals surface area contributed by atoms with Crippen LogP contribution in [0.5, 0.6) is 0 Å². The first-order valence-electron chi connectivity index (χ1n) is 5.86. The predicted octanol–water partition coefficient (Wildman–Crippen LogP) is -0.130. The van der Waals surface area contributed by atoms with Gasteiger partial charge >= 0.3 is 0 Å². The molecule has 0 aromatic carbocycles. The van der Waals surface area contributed by atoms with Crippen molar-refractivity contribution in [3.8, 4) is 0 Å². The van der Waals surface area contributed by atoms with Gasteiger partial charge in [0, 0.05) is 44.5 Å². The van der Waals surface area contributed by atoms with Gasteiger partial charge in [-0.3, -0.25) is 4.79 Å². The first-order valence-corrected chi connectivity index (χ1v) is 5.86. The van der Waals surface area contributed by atoms with Crippen LogP contribution >= 0.6 is 0 Å². The van der Waals surface area contributed by atoms with Crippen molar-refractivity contribution in [1.82, 2.24) is 14.9 Å². The summed E-state index contributed by atoms with van der Waals surface area (Å²) in [5.74, 6) is 1.48. The highest BCUT2D eigenvalue weighted by molar-refractivity contribution is 5.79. The van der Waals surface area contributed by atoms with E-state index in [4.69, 9.17) is 5.73 Å². The van der Waals surface area contributed by atoms with E-state index in [-0.39, 0.29) is 5.91 Å². The highest BCUT2D eigenvalue weighted by Crippen LogP contribution is 2.26. The number of aromatic nitrogens is 2. The highest BCUT2D eigenvalue weighted by Gasteiger charge is 2.36. The van der Waals surface area contributed by atoms with Crippen molar-refractivity contribution in [3.63, 3.8) is 0 Å². The van der Waals surface area contributed by atoms with Gasteiger partial charge in [-0.05, 0) is 6.42 Å². The first-order chi connectivity index (χ1) is 8.25. The molecule has 0 spiro atoms. The summed E-state index contributed by atoms with van der Waals surface area (Å²) in [4.78, 5) is 24.0. The topological polar surface area (TPSA) is 75.3 Å². The molecule has 2 aliphatic heterocycles. The fourth-order valence-electron chi connectivity index (χ4n) is 2.64. The van der Waals surface area contributed by atoms with Crippen molar-refractivity contribution in [2.75, 3.05) is 30.3 Å². The molecule has 3 rings (SSSR count). The number of carbonyl (C=O) groups excluding carboxylic acids is 1. The normalized spacial score (nSPS) is 24.0. The number of fused-ring (bicyclic) bond motifs is 1. The zero-order valence-corrected chi connectivity index (χ0v) is 9.54. The van der Waals surface area contributed by atoms with Crippen molar-refractivity contribution in [2.45, 2.75) is 18.9 Å². The van der Waals surface area contributed by atoms with Gasteiger partial charge in [-0.15, -0.1) is 0 Å². The minimum atomic E-state index is 0.279. The average molecular weight is 233 g/mol. The number of nitrogen functional groups attached to an aromatic ring is 1. The van der Waals surface area contributed by atoms with Crippen LogP contribution in [0.3, 0.4) is 0 Å². The largest absolute Gasteiger partial charge is 0.381 e. The Balaban J connectivity index is 1.80. The molecule has 1 aromatic rings. The van der Waals surface area contributed by atoms with Gasteiger partial charge in [-0.2, -0.15) is 0 Å². The molecular formula is C11H15N5O. The van der Waals surface area contributed by atoms with Crippen LogP contribution in [0.25, 0.3) is 0 Å². The minimum absolute atomic E-state index is 0.279. The zero-order chi connectivity index (χ0) is 11.8. The monoisotopic (exact) mass is 233 g/mol. The number of nitrogens with two attached hydrogens (primary N) is 1. The van der Waals surface area contributed by atoms with Gasteiger partial charge in [-0.25, -0.2) is 9.97 Å². The van der Waals surface area contributed by atoms with Gasteiger partial charge in [0.1, 0.15) is 0 Å². The Bertz CT molecular complexity index is 449. The molecule has 2 fully saturated rings. The maximum absolute atomic E-state index is 11.6. The number of hydrogen-bond acceptors (Lipinski definition) is 5. The maximum atomic E-state index is 11.6. The second kappa shape index (κ2) is 3.87. The summed E-state index contributed by atoms with van der Waals surface area (Å²) in [7, 11) is 0. The zero-order valence-electron chi connectivity index (χ0n) is 9.54. The molecular weight excluding hydrogens is 218 g/mol. The number of piperazine rings is 1. The molecule has 6 heteroatoms. The molecule has 1 aromatic heterocycles. The second-order valence-corrected chi connectivity index (χ2v) is 4.49. The smallest absolute Gasteiger partial charge is 0.223 e. The standard InChI is InChI=1S/C11H15N5O/c12-10-11(14-4-3-13-10)15-5-6-16-8(7-15)1-2-9(16)17/h3-4,8H,1-2,5-7H2,(H2,12,13). The predicted molar refractivity (Wildman–Crippen MR) is 63.4 cm³/mol. The van der Waals surface area contributed by atoms with Gasteiger partial charge in [-0.1, -0.05) is 0 Å². The molecule has 0 radical (unpaired) electrons. The van der Waals surface area contributed by atoms with Crippen LogP contribution in [-0.2, 0) is 4.79 Å². The number of amides is 1. The van der Waals surface area contributed by atoms with E-state index in [1.54, 1.807) is 12.4 Å². The molecule has 6 nitrogen and oxygen atoms in total. The lowest BCUT2D eigenvalue weighted by Gasteiger charge is -2.38. The molecule has 0 bridgehead atoms. The molecule has 0 aliphatic carbocycles. The minimum Gasteiger partial charge on any atom is -0.381 e. The van der Waals surface area contributed by atoms with Crippen LogP contribution in [0.4, 0.5) is 11.6 Å². The summed E-state index contributed by atoms with van der Waals surface area (Å²) >= 11 is 0. The van der Waals surface area contributed by atoms with Crippen LogP contribution < -0.4 is 10.6 Å². The summed E-state index contributed by atoms with van der Waals surface area (Å²) in [6.45, 7) is 2.36. The lowest BCUT2D eigenvalue weighted by Crippen LogP contribution is -2.51. The van der Waals surface area contributed by atoms with Crippen molar-refractivity contribution in [3.05, 3.63) is 12.4 Å². The van der Waals surface area contributed by atoms with Crippen LogP contribution in [0.1, 0.15) is 12.8 Å². The number of hydrogen-bond donors (Lipinski definition) is 1. The van der Waals surface area contributed by atoms with E-state index >= 15 is 0 Å². The van der Waals surface area contributed by atoms with Crippen LogP contribution in [0.15, 0.2) is 12.4 Å². The average Bonchev–Trinajstić information content (AvgIpc) is 2.71. The van der Waals surface area contributed by atoms with Gasteiger partial charge in [0.2, 0.25) is 5.91 Å². The first kappa shape index (κ1) is 10.3. The number of anilines is 2. The third kappa shape index (κ3) is 1.69. The summed E-state index contributed by atoms with van der Waals surface area (Å²) in [6, 6.07) is 0.317. The Hall–Kier alpha value is -1.85. The fourth-order valence-corrected chi connectivity index (χ4v) is 2.64. The molecule has 1 atom stereocenters. The Labute approximate surface area is 99.4 Å². The van der Waals surface area contributed by atoms with E-state index in [1.807, 2.05) is 4.90 Å². The fraction of sp³-hybridized carbons (Fsp3) is 0.545. The van der Waals surface area contributed by atoms with E-state index in [2.05, 4.69) is 14.9 Å². The van der Waals surface area contributed by atoms with Crippen LogP contribution in [0.2, 0.25) is 0 Å². The van der Waals surface area contributed by atoms with Crippen molar-refractivity contribution < 1.29 is 4.79 Å². The van der Waals surface area contributed by atoms with Crippen molar-refractivity contribution in [1.29, 1.82) is 0 Å². The van der Waals surface area contributed by atoms with Crippen LogP contribution in [-0.4, -0.2) is 46.5 Å². The lowest BCUT2D eigenvalue weighted by atomic mass is 10.1. The SMILES string of the molecule is Nc1nccnc1N1CCN2C(=O)CCC2C1. The second-order valence-electron chi connectivity index (χ2n) is 4.49. The van der Waals surface area contributed by atoms with E-state index in [0.717, 1.165) is 31.9 Å². The van der Waals surface area contributed by atoms with E-state index < -0.39 is 0 Å². The number of carbonyl (C=O) groups is 1.